The molecule has 7 nitrogen and oxygen atoms in total. The lowest BCUT2D eigenvalue weighted by Crippen LogP contribution is -2.51. The molecule has 184 valence electrons. The number of ether oxygens (including phenoxy) is 1. The lowest BCUT2D eigenvalue weighted by Gasteiger charge is -2.34. The number of rotatable bonds is 8. The van der Waals surface area contributed by atoms with E-state index < -0.39 is 18.1 Å². The maximum absolute atomic E-state index is 13.3. The number of fused-ring (bicyclic) bond motifs is 5. The standard InChI is InChI=1S/C28H32N2O5/c1-30(25-15-17-10-11-18(25)14-17)27(33)24(12-13-26(31)32)29-28(34)35-16-23-21-8-4-2-6-19(21)20-7-3-5-9-22(20)23/h2-9,17-18,23-25H,10-16H2,1H3,(H,29,34)(H,31,32). The highest BCUT2D eigenvalue weighted by Gasteiger charge is 2.43. The van der Waals surface area contributed by atoms with Crippen molar-refractivity contribution in [1.82, 2.24) is 10.2 Å². The third kappa shape index (κ3) is 4.64. The van der Waals surface area contributed by atoms with Crippen LogP contribution in [0.1, 0.15) is 55.6 Å². The summed E-state index contributed by atoms with van der Waals surface area (Å²) in [6, 6.07) is 15.4. The van der Waals surface area contributed by atoms with Gasteiger partial charge in [-0.1, -0.05) is 55.0 Å². The zero-order chi connectivity index (χ0) is 24.5. The molecule has 4 atom stereocenters. The van der Waals surface area contributed by atoms with Crippen molar-refractivity contribution < 1.29 is 24.2 Å². The second-order valence-electron chi connectivity index (χ2n) is 10.1. The maximum atomic E-state index is 13.3. The fourth-order valence-corrected chi connectivity index (χ4v) is 6.40. The molecule has 0 heterocycles. The Balaban J connectivity index is 1.25. The second kappa shape index (κ2) is 9.72. The summed E-state index contributed by atoms with van der Waals surface area (Å²) in [7, 11) is 1.78. The quantitative estimate of drug-likeness (QED) is 0.589. The first-order valence-electron chi connectivity index (χ1n) is 12.5. The van der Waals surface area contributed by atoms with Gasteiger partial charge in [0.1, 0.15) is 12.6 Å². The van der Waals surface area contributed by atoms with Gasteiger partial charge in [0.15, 0.2) is 0 Å². The molecule has 3 aliphatic rings. The van der Waals surface area contributed by atoms with Crippen LogP contribution in [0.3, 0.4) is 0 Å². The first-order chi connectivity index (χ1) is 16.9. The number of alkyl carbamates (subject to hydrolysis) is 1. The van der Waals surface area contributed by atoms with Crippen molar-refractivity contribution in [1.29, 1.82) is 0 Å². The Labute approximate surface area is 205 Å². The van der Waals surface area contributed by atoms with Gasteiger partial charge in [0, 0.05) is 25.4 Å². The SMILES string of the molecule is CN(C(=O)C(CCC(=O)O)NC(=O)OCC1c2ccccc2-c2ccccc21)C1CC2CCC1C2. The van der Waals surface area contributed by atoms with Gasteiger partial charge in [-0.3, -0.25) is 9.59 Å². The number of nitrogens with zero attached hydrogens (tertiary/aromatic N) is 1. The minimum absolute atomic E-state index is 0.0313. The number of carbonyl (C=O) groups excluding carboxylic acids is 2. The minimum Gasteiger partial charge on any atom is -0.481 e. The highest BCUT2D eigenvalue weighted by atomic mass is 16.5. The van der Waals surface area contributed by atoms with Crippen LogP contribution in [0.4, 0.5) is 4.79 Å². The van der Waals surface area contributed by atoms with E-state index in [1.165, 1.54) is 6.42 Å². The van der Waals surface area contributed by atoms with Crippen molar-refractivity contribution in [3.63, 3.8) is 0 Å². The van der Waals surface area contributed by atoms with E-state index in [-0.39, 0.29) is 37.3 Å². The van der Waals surface area contributed by atoms with Crippen LogP contribution in [0, 0.1) is 11.8 Å². The van der Waals surface area contributed by atoms with E-state index in [1.54, 1.807) is 11.9 Å². The van der Waals surface area contributed by atoms with Gasteiger partial charge in [-0.15, -0.1) is 0 Å². The molecule has 3 aliphatic carbocycles. The number of hydrogen-bond donors (Lipinski definition) is 2. The van der Waals surface area contributed by atoms with Crippen molar-refractivity contribution in [3.8, 4) is 11.1 Å². The molecule has 5 rings (SSSR count). The van der Waals surface area contributed by atoms with Crippen LogP contribution in [0.25, 0.3) is 11.1 Å². The molecular formula is C28H32N2O5. The van der Waals surface area contributed by atoms with E-state index >= 15 is 0 Å². The number of amides is 2. The molecule has 4 unspecified atom stereocenters. The summed E-state index contributed by atoms with van der Waals surface area (Å²) in [5.74, 6) is -0.147. The highest BCUT2D eigenvalue weighted by molar-refractivity contribution is 5.86. The van der Waals surface area contributed by atoms with Crippen LogP contribution in [0.5, 0.6) is 0 Å². The van der Waals surface area contributed by atoms with Crippen LogP contribution in [-0.4, -0.2) is 53.7 Å². The third-order valence-electron chi connectivity index (χ3n) is 8.13. The fourth-order valence-electron chi connectivity index (χ4n) is 6.40. The van der Waals surface area contributed by atoms with Crippen LogP contribution < -0.4 is 5.32 Å². The van der Waals surface area contributed by atoms with Crippen molar-refractivity contribution >= 4 is 18.0 Å². The number of carboxylic acids is 1. The van der Waals surface area contributed by atoms with E-state index in [1.807, 2.05) is 36.4 Å². The Morgan fingerprint density at radius 2 is 1.69 bits per heavy atom. The van der Waals surface area contributed by atoms with E-state index in [4.69, 9.17) is 4.74 Å². The van der Waals surface area contributed by atoms with Crippen LogP contribution in [0.2, 0.25) is 0 Å². The molecule has 0 spiro atoms. The first kappa shape index (κ1) is 23.4. The Kier molecular flexibility index (Phi) is 6.50. The molecule has 0 saturated heterocycles. The highest BCUT2D eigenvalue weighted by Crippen LogP contribution is 2.46. The molecule has 0 radical (unpaired) electrons. The van der Waals surface area contributed by atoms with Gasteiger partial charge in [0.25, 0.3) is 0 Å². The monoisotopic (exact) mass is 476 g/mol. The van der Waals surface area contributed by atoms with Crippen molar-refractivity contribution in [2.75, 3.05) is 13.7 Å². The Hall–Kier alpha value is -3.35. The topological polar surface area (TPSA) is 95.9 Å². The average molecular weight is 477 g/mol. The van der Waals surface area contributed by atoms with Gasteiger partial charge in [-0.25, -0.2) is 4.79 Å². The number of carboxylic acid groups (broad SMARTS) is 1. The van der Waals surface area contributed by atoms with Crippen LogP contribution in [-0.2, 0) is 14.3 Å². The molecule has 2 fully saturated rings. The number of hydrogen-bond acceptors (Lipinski definition) is 4. The van der Waals surface area contributed by atoms with Crippen LogP contribution >= 0.6 is 0 Å². The summed E-state index contributed by atoms with van der Waals surface area (Å²) < 4.78 is 5.61. The molecule has 35 heavy (non-hydrogen) atoms. The largest absolute Gasteiger partial charge is 0.481 e. The van der Waals surface area contributed by atoms with Gasteiger partial charge < -0.3 is 20.1 Å². The van der Waals surface area contributed by atoms with Gasteiger partial charge in [0.05, 0.1) is 0 Å². The fraction of sp³-hybridized carbons (Fsp3) is 0.464. The number of likely N-dealkylation sites (N-methyl/N-ethyl adjacent to an activating group) is 1. The Morgan fingerprint density at radius 3 is 2.26 bits per heavy atom. The van der Waals surface area contributed by atoms with Crippen LogP contribution in [0.15, 0.2) is 48.5 Å². The maximum Gasteiger partial charge on any atom is 0.407 e. The zero-order valence-corrected chi connectivity index (χ0v) is 20.0. The molecular weight excluding hydrogens is 444 g/mol. The second-order valence-corrected chi connectivity index (χ2v) is 10.1. The summed E-state index contributed by atoms with van der Waals surface area (Å²) in [5.41, 5.74) is 4.49. The molecule has 2 bridgehead atoms. The molecule has 0 aliphatic heterocycles. The number of benzene rings is 2. The Bertz CT molecular complexity index is 1090. The minimum atomic E-state index is -1.00. The summed E-state index contributed by atoms with van der Waals surface area (Å²) in [6.45, 7) is 0.141. The van der Waals surface area contributed by atoms with Crippen molar-refractivity contribution in [2.24, 2.45) is 11.8 Å². The molecule has 2 aromatic rings. The predicted octanol–water partition coefficient (Wildman–Crippen LogP) is 4.41. The molecule has 2 aromatic carbocycles. The summed E-state index contributed by atoms with van der Waals surface area (Å²) in [5, 5.41) is 11.9. The first-order valence-corrected chi connectivity index (χ1v) is 12.5. The smallest absolute Gasteiger partial charge is 0.407 e. The summed E-state index contributed by atoms with van der Waals surface area (Å²) in [4.78, 5) is 39.1. The van der Waals surface area contributed by atoms with E-state index in [0.29, 0.717) is 11.8 Å². The molecule has 2 N–H and O–H groups in total. The third-order valence-corrected chi connectivity index (χ3v) is 8.13. The Morgan fingerprint density at radius 1 is 1.03 bits per heavy atom. The molecule has 2 saturated carbocycles. The number of aliphatic carboxylic acids is 1. The zero-order valence-electron chi connectivity index (χ0n) is 20.0. The van der Waals surface area contributed by atoms with Crippen molar-refractivity contribution in [3.05, 3.63) is 59.7 Å². The van der Waals surface area contributed by atoms with E-state index in [2.05, 4.69) is 17.4 Å². The average Bonchev–Trinajstić information content (AvgIpc) is 3.58. The van der Waals surface area contributed by atoms with Crippen molar-refractivity contribution in [2.45, 2.75) is 56.5 Å². The van der Waals surface area contributed by atoms with Gasteiger partial charge in [-0.05, 0) is 59.8 Å². The van der Waals surface area contributed by atoms with E-state index in [0.717, 1.165) is 41.5 Å². The molecule has 7 heteroatoms. The predicted molar refractivity (Wildman–Crippen MR) is 131 cm³/mol. The number of carbonyl (C=O) groups is 3. The van der Waals surface area contributed by atoms with Gasteiger partial charge in [-0.2, -0.15) is 0 Å². The lowest BCUT2D eigenvalue weighted by molar-refractivity contribution is -0.138. The lowest BCUT2D eigenvalue weighted by atomic mass is 9.93. The number of nitrogens with one attached hydrogen (secondary N) is 1. The van der Waals surface area contributed by atoms with Gasteiger partial charge in [0.2, 0.25) is 5.91 Å². The van der Waals surface area contributed by atoms with E-state index in [9.17, 15) is 19.5 Å². The van der Waals surface area contributed by atoms with Gasteiger partial charge >= 0.3 is 12.1 Å². The summed E-state index contributed by atoms with van der Waals surface area (Å²) in [6.07, 6.45) is 3.63. The summed E-state index contributed by atoms with van der Waals surface area (Å²) >= 11 is 0. The molecule has 2 amide bonds. The molecule has 0 aromatic heterocycles. The normalized spacial score (nSPS) is 22.8.